The van der Waals surface area contributed by atoms with Crippen LogP contribution >= 0.6 is 0 Å². The van der Waals surface area contributed by atoms with Crippen LogP contribution in [0.1, 0.15) is 40.4 Å². The number of ether oxygens (including phenoxy) is 1. The molecule has 0 aliphatic carbocycles. The Labute approximate surface area is 160 Å². The summed E-state index contributed by atoms with van der Waals surface area (Å²) in [7, 11) is 1.70. The molecule has 27 heavy (non-hydrogen) atoms. The summed E-state index contributed by atoms with van der Waals surface area (Å²) in [6.07, 6.45) is 4.34. The fourth-order valence-corrected chi connectivity index (χ4v) is 5.58. The molecule has 4 fully saturated rings. The van der Waals surface area contributed by atoms with Crippen molar-refractivity contribution in [2.75, 3.05) is 26.7 Å². The number of rotatable bonds is 3. The average Bonchev–Trinajstić information content (AvgIpc) is 3.34. The smallest absolute Gasteiger partial charge is 0.270 e. The first-order valence-electron chi connectivity index (χ1n) is 9.99. The van der Waals surface area contributed by atoms with Crippen molar-refractivity contribution in [3.63, 3.8) is 0 Å². The van der Waals surface area contributed by atoms with Gasteiger partial charge < -0.3 is 14.6 Å². The van der Waals surface area contributed by atoms with E-state index < -0.39 is 0 Å². The number of nitrogens with one attached hydrogen (secondary N) is 1. The molecular weight excluding hydrogens is 338 g/mol. The second kappa shape index (κ2) is 6.41. The molecule has 0 spiro atoms. The summed E-state index contributed by atoms with van der Waals surface area (Å²) in [6.45, 7) is 5.16. The van der Waals surface area contributed by atoms with Crippen LogP contribution in [0.25, 0.3) is 0 Å². The summed E-state index contributed by atoms with van der Waals surface area (Å²) in [6, 6.07) is 11.2. The Morgan fingerprint density at radius 1 is 1.15 bits per heavy atom. The fraction of sp³-hybridized carbons (Fsp3) is 0.500. The van der Waals surface area contributed by atoms with Crippen LogP contribution in [0.2, 0.25) is 0 Å². The lowest BCUT2D eigenvalue weighted by Gasteiger charge is -2.51. The molecular formula is C22H27N3O2. The van der Waals surface area contributed by atoms with Crippen LogP contribution in [-0.4, -0.2) is 59.5 Å². The average molecular weight is 365 g/mol. The van der Waals surface area contributed by atoms with Gasteiger partial charge in [0, 0.05) is 24.7 Å². The third kappa shape index (κ3) is 2.67. The van der Waals surface area contributed by atoms with Gasteiger partial charge in [0.05, 0.1) is 13.2 Å². The first kappa shape index (κ1) is 16.9. The van der Waals surface area contributed by atoms with E-state index in [4.69, 9.17) is 4.74 Å². The van der Waals surface area contributed by atoms with Crippen LogP contribution in [0.3, 0.4) is 0 Å². The molecule has 4 aliphatic rings. The van der Waals surface area contributed by atoms with Gasteiger partial charge in [-0.3, -0.25) is 9.69 Å². The highest BCUT2D eigenvalue weighted by atomic mass is 16.5. The number of likely N-dealkylation sites (tertiary alicyclic amines) is 1. The van der Waals surface area contributed by atoms with Crippen molar-refractivity contribution in [2.24, 2.45) is 5.92 Å². The Morgan fingerprint density at radius 2 is 1.89 bits per heavy atom. The monoisotopic (exact) mass is 365 g/mol. The first-order valence-corrected chi connectivity index (χ1v) is 9.99. The van der Waals surface area contributed by atoms with E-state index in [2.05, 4.69) is 26.9 Å². The topological polar surface area (TPSA) is 48.6 Å². The van der Waals surface area contributed by atoms with Gasteiger partial charge in [-0.15, -0.1) is 0 Å². The molecule has 2 bridgehead atoms. The molecule has 5 heterocycles. The number of hydrogen-bond acceptors (Lipinski definition) is 3. The van der Waals surface area contributed by atoms with Gasteiger partial charge in [0.2, 0.25) is 0 Å². The number of carbonyl (C=O) groups is 1. The molecule has 4 aliphatic heterocycles. The molecule has 0 unspecified atom stereocenters. The molecule has 1 N–H and O–H groups in total. The second-order valence-corrected chi connectivity index (χ2v) is 8.28. The second-order valence-electron chi connectivity index (χ2n) is 8.28. The maximum atomic E-state index is 13.3. The minimum absolute atomic E-state index is 0.155. The highest BCUT2D eigenvalue weighted by Gasteiger charge is 2.54. The summed E-state index contributed by atoms with van der Waals surface area (Å²) >= 11 is 0. The summed E-state index contributed by atoms with van der Waals surface area (Å²) in [5, 5.41) is 0. The molecule has 6 rings (SSSR count). The zero-order valence-electron chi connectivity index (χ0n) is 16.0. The third-order valence-electron chi connectivity index (χ3n) is 6.86. The molecule has 5 nitrogen and oxygen atoms in total. The lowest BCUT2D eigenvalue weighted by molar-refractivity contribution is -0.00356. The van der Waals surface area contributed by atoms with Gasteiger partial charge in [0.15, 0.2) is 0 Å². The maximum absolute atomic E-state index is 13.3. The van der Waals surface area contributed by atoms with Crippen molar-refractivity contribution in [3.05, 3.63) is 53.3 Å². The number of hydrogen-bond donors (Lipinski definition) is 1. The van der Waals surface area contributed by atoms with E-state index in [0.29, 0.717) is 23.9 Å². The molecule has 1 aromatic carbocycles. The molecule has 0 radical (unpaired) electrons. The van der Waals surface area contributed by atoms with Crippen LogP contribution in [-0.2, 0) is 0 Å². The Kier molecular flexibility index (Phi) is 4.01. The van der Waals surface area contributed by atoms with E-state index in [1.807, 2.05) is 31.3 Å². The predicted molar refractivity (Wildman–Crippen MR) is 104 cm³/mol. The Balaban J connectivity index is 1.50. The van der Waals surface area contributed by atoms with Gasteiger partial charge in [-0.2, -0.15) is 0 Å². The van der Waals surface area contributed by atoms with E-state index >= 15 is 0 Å². The number of amides is 1. The fourth-order valence-electron chi connectivity index (χ4n) is 5.58. The maximum Gasteiger partial charge on any atom is 0.270 e. The lowest BCUT2D eigenvalue weighted by atomic mass is 9.75. The molecule has 2 aromatic rings. The minimum Gasteiger partial charge on any atom is -0.497 e. The van der Waals surface area contributed by atoms with Crippen LogP contribution in [0, 0.1) is 12.8 Å². The Bertz CT molecular complexity index is 835. The highest BCUT2D eigenvalue weighted by molar-refractivity contribution is 5.93. The summed E-state index contributed by atoms with van der Waals surface area (Å²) < 4.78 is 5.33. The van der Waals surface area contributed by atoms with Gasteiger partial charge in [0.1, 0.15) is 11.4 Å². The van der Waals surface area contributed by atoms with E-state index in [1.54, 1.807) is 7.11 Å². The van der Waals surface area contributed by atoms with Crippen molar-refractivity contribution in [2.45, 2.75) is 37.8 Å². The zero-order valence-corrected chi connectivity index (χ0v) is 16.0. The highest BCUT2D eigenvalue weighted by Crippen LogP contribution is 2.47. The molecule has 5 heteroatoms. The van der Waals surface area contributed by atoms with Crippen LogP contribution < -0.4 is 4.74 Å². The van der Waals surface area contributed by atoms with Crippen LogP contribution in [0.15, 0.2) is 36.5 Å². The number of H-pyrrole nitrogens is 1. The standard InChI is InChI=1S/C22H27N3O2/c1-14-11-19(23-12-14)22(26)25-13-18(15-3-5-17(27-2)6-4-15)21-20(25)16-7-9-24(21)10-8-16/h3-6,11-12,16,18,20-21,23H,7-10,13H2,1-2H3/t18-,20+,21+/m0/s1. The number of aryl methyl sites for hydroxylation is 1. The minimum atomic E-state index is 0.155. The van der Waals surface area contributed by atoms with Crippen molar-refractivity contribution in [3.8, 4) is 5.75 Å². The summed E-state index contributed by atoms with van der Waals surface area (Å²) in [4.78, 5) is 21.3. The molecule has 3 atom stereocenters. The molecule has 1 aromatic heterocycles. The Morgan fingerprint density at radius 3 is 2.52 bits per heavy atom. The van der Waals surface area contributed by atoms with Gasteiger partial charge in [-0.25, -0.2) is 0 Å². The van der Waals surface area contributed by atoms with Gasteiger partial charge in [-0.05, 0) is 68.1 Å². The SMILES string of the molecule is COc1ccc([C@@H]2CN(C(=O)c3cc(C)c[nH]3)[C@@H]3C4CCN(CC4)[C@@H]32)cc1. The molecule has 1 amide bonds. The number of carbonyl (C=O) groups excluding carboxylic acids is 1. The summed E-state index contributed by atoms with van der Waals surface area (Å²) in [5.41, 5.74) is 3.14. The van der Waals surface area contributed by atoms with Gasteiger partial charge in [-0.1, -0.05) is 12.1 Å². The van der Waals surface area contributed by atoms with Crippen molar-refractivity contribution >= 4 is 5.91 Å². The number of aromatic amines is 1. The lowest BCUT2D eigenvalue weighted by Crippen LogP contribution is -2.60. The van der Waals surface area contributed by atoms with Gasteiger partial charge >= 0.3 is 0 Å². The van der Waals surface area contributed by atoms with Crippen molar-refractivity contribution in [1.29, 1.82) is 0 Å². The van der Waals surface area contributed by atoms with E-state index in [0.717, 1.165) is 23.6 Å². The van der Waals surface area contributed by atoms with E-state index in [-0.39, 0.29) is 5.91 Å². The normalized spacial score (nSPS) is 31.8. The molecule has 142 valence electrons. The van der Waals surface area contributed by atoms with E-state index in [1.165, 1.54) is 31.5 Å². The van der Waals surface area contributed by atoms with Crippen LogP contribution in [0.4, 0.5) is 0 Å². The van der Waals surface area contributed by atoms with Crippen molar-refractivity contribution < 1.29 is 9.53 Å². The number of benzene rings is 1. The number of piperidine rings is 3. The first-order chi connectivity index (χ1) is 13.2. The van der Waals surface area contributed by atoms with Crippen molar-refractivity contribution in [1.82, 2.24) is 14.8 Å². The summed E-state index contributed by atoms with van der Waals surface area (Å²) in [5.74, 6) is 2.03. The predicted octanol–water partition coefficient (Wildman–Crippen LogP) is 3.03. The molecule has 4 saturated heterocycles. The van der Waals surface area contributed by atoms with Gasteiger partial charge in [0.25, 0.3) is 5.91 Å². The van der Waals surface area contributed by atoms with Crippen LogP contribution in [0.5, 0.6) is 5.75 Å². The quantitative estimate of drug-likeness (QED) is 0.910. The largest absolute Gasteiger partial charge is 0.497 e. The number of aromatic nitrogens is 1. The van der Waals surface area contributed by atoms with E-state index in [9.17, 15) is 4.79 Å². The number of fused-ring (bicyclic) bond motifs is 2. The molecule has 0 saturated carbocycles. The number of methoxy groups -OCH3 is 1. The zero-order chi connectivity index (χ0) is 18.5. The number of nitrogens with zero attached hydrogens (tertiary/aromatic N) is 2. The Hall–Kier alpha value is -2.27. The third-order valence-corrected chi connectivity index (χ3v) is 6.86.